The van der Waals surface area contributed by atoms with Crippen LogP contribution in [0.4, 0.5) is 5.69 Å². The second-order valence-electron chi connectivity index (χ2n) is 2.65. The minimum absolute atomic E-state index is 0.193. The molecule has 0 saturated carbocycles. The molecule has 1 amide bonds. The molecule has 0 aliphatic carbocycles. The van der Waals surface area contributed by atoms with Crippen LogP contribution in [0.5, 0.6) is 0 Å². The first kappa shape index (κ1) is 9.99. The number of hydrogen-bond acceptors (Lipinski definition) is 1. The van der Waals surface area contributed by atoms with Crippen molar-refractivity contribution in [1.29, 1.82) is 0 Å². The maximum atomic E-state index is 11.0. The standard InChI is InChI=1S/C10H10BrNO/c1-3-10(13)12-9-6-8(11)5-4-7(9)2/h3-6H,1H2,2H3,(H,12,13). The molecule has 1 N–H and O–H groups in total. The zero-order valence-electron chi connectivity index (χ0n) is 7.30. The van der Waals surface area contributed by atoms with Crippen molar-refractivity contribution in [2.45, 2.75) is 6.92 Å². The molecule has 0 radical (unpaired) electrons. The zero-order chi connectivity index (χ0) is 9.84. The Labute approximate surface area is 85.8 Å². The molecule has 13 heavy (non-hydrogen) atoms. The molecule has 0 aromatic heterocycles. The lowest BCUT2D eigenvalue weighted by Crippen LogP contribution is -2.08. The average molecular weight is 240 g/mol. The molecule has 0 fully saturated rings. The van der Waals surface area contributed by atoms with Crippen LogP contribution < -0.4 is 5.32 Å². The van der Waals surface area contributed by atoms with Gasteiger partial charge in [0.25, 0.3) is 0 Å². The van der Waals surface area contributed by atoms with E-state index in [2.05, 4.69) is 27.8 Å². The lowest BCUT2D eigenvalue weighted by Gasteiger charge is -2.06. The smallest absolute Gasteiger partial charge is 0.247 e. The Bertz CT molecular complexity index is 347. The minimum atomic E-state index is -0.193. The third-order valence-corrected chi connectivity index (χ3v) is 2.14. The van der Waals surface area contributed by atoms with Crippen molar-refractivity contribution >= 4 is 27.5 Å². The summed E-state index contributed by atoms with van der Waals surface area (Å²) >= 11 is 3.33. The number of halogens is 1. The largest absolute Gasteiger partial charge is 0.322 e. The first-order valence-corrected chi connectivity index (χ1v) is 4.62. The number of aryl methyl sites for hydroxylation is 1. The number of nitrogens with one attached hydrogen (secondary N) is 1. The molecule has 0 aliphatic rings. The Morgan fingerprint density at radius 2 is 2.31 bits per heavy atom. The summed E-state index contributed by atoms with van der Waals surface area (Å²) in [5.41, 5.74) is 1.83. The van der Waals surface area contributed by atoms with Crippen molar-refractivity contribution in [3.8, 4) is 0 Å². The molecule has 0 spiro atoms. The summed E-state index contributed by atoms with van der Waals surface area (Å²) in [4.78, 5) is 11.0. The van der Waals surface area contributed by atoms with Crippen LogP contribution in [-0.4, -0.2) is 5.91 Å². The van der Waals surface area contributed by atoms with E-state index in [1.165, 1.54) is 6.08 Å². The Hall–Kier alpha value is -1.09. The molecule has 1 aromatic carbocycles. The molecule has 0 saturated heterocycles. The lowest BCUT2D eigenvalue weighted by molar-refractivity contribution is -0.111. The Morgan fingerprint density at radius 1 is 1.62 bits per heavy atom. The second kappa shape index (κ2) is 4.23. The van der Waals surface area contributed by atoms with Crippen LogP contribution in [0, 0.1) is 6.92 Å². The van der Waals surface area contributed by atoms with E-state index in [9.17, 15) is 4.79 Å². The van der Waals surface area contributed by atoms with E-state index in [1.807, 2.05) is 25.1 Å². The van der Waals surface area contributed by atoms with Crippen LogP contribution in [0.2, 0.25) is 0 Å². The van der Waals surface area contributed by atoms with Gasteiger partial charge >= 0.3 is 0 Å². The van der Waals surface area contributed by atoms with Crippen molar-refractivity contribution in [2.75, 3.05) is 5.32 Å². The number of carbonyl (C=O) groups excluding carboxylic acids is 1. The predicted molar refractivity (Wildman–Crippen MR) is 57.7 cm³/mol. The predicted octanol–water partition coefficient (Wildman–Crippen LogP) is 2.88. The first-order valence-electron chi connectivity index (χ1n) is 3.83. The van der Waals surface area contributed by atoms with Gasteiger partial charge in [0, 0.05) is 10.2 Å². The highest BCUT2D eigenvalue weighted by atomic mass is 79.9. The number of carbonyl (C=O) groups is 1. The molecule has 0 unspecified atom stereocenters. The molecule has 68 valence electrons. The van der Waals surface area contributed by atoms with Gasteiger partial charge in [-0.25, -0.2) is 0 Å². The van der Waals surface area contributed by atoms with Crippen molar-refractivity contribution in [2.24, 2.45) is 0 Å². The van der Waals surface area contributed by atoms with E-state index >= 15 is 0 Å². The van der Waals surface area contributed by atoms with Gasteiger partial charge in [-0.2, -0.15) is 0 Å². The molecule has 0 aliphatic heterocycles. The minimum Gasteiger partial charge on any atom is -0.322 e. The summed E-state index contributed by atoms with van der Waals surface area (Å²) < 4.78 is 0.942. The van der Waals surface area contributed by atoms with Crippen molar-refractivity contribution < 1.29 is 4.79 Å². The fourth-order valence-corrected chi connectivity index (χ4v) is 1.27. The van der Waals surface area contributed by atoms with E-state index in [4.69, 9.17) is 0 Å². The van der Waals surface area contributed by atoms with Crippen LogP contribution in [0.3, 0.4) is 0 Å². The molecule has 1 aromatic rings. The molecular weight excluding hydrogens is 230 g/mol. The van der Waals surface area contributed by atoms with Gasteiger partial charge in [0.2, 0.25) is 5.91 Å². The summed E-state index contributed by atoms with van der Waals surface area (Å²) in [7, 11) is 0. The Balaban J connectivity index is 2.93. The van der Waals surface area contributed by atoms with Gasteiger partial charge in [-0.3, -0.25) is 4.79 Å². The van der Waals surface area contributed by atoms with Crippen molar-refractivity contribution in [1.82, 2.24) is 0 Å². The number of benzene rings is 1. The van der Waals surface area contributed by atoms with Gasteiger partial charge in [-0.15, -0.1) is 0 Å². The Morgan fingerprint density at radius 3 is 2.92 bits per heavy atom. The maximum absolute atomic E-state index is 11.0. The average Bonchev–Trinajstić information content (AvgIpc) is 2.11. The van der Waals surface area contributed by atoms with Gasteiger partial charge in [0.05, 0.1) is 0 Å². The first-order chi connectivity index (χ1) is 6.13. The van der Waals surface area contributed by atoms with Gasteiger partial charge in [0.1, 0.15) is 0 Å². The molecule has 1 rings (SSSR count). The molecule has 0 atom stereocenters. The fraction of sp³-hybridized carbons (Fsp3) is 0.100. The third-order valence-electron chi connectivity index (χ3n) is 1.64. The second-order valence-corrected chi connectivity index (χ2v) is 3.57. The maximum Gasteiger partial charge on any atom is 0.247 e. The van der Waals surface area contributed by atoms with Crippen LogP contribution in [0.15, 0.2) is 35.3 Å². The monoisotopic (exact) mass is 239 g/mol. The van der Waals surface area contributed by atoms with Crippen LogP contribution >= 0.6 is 15.9 Å². The number of hydrogen-bond donors (Lipinski definition) is 1. The SMILES string of the molecule is C=CC(=O)Nc1cc(Br)ccc1C. The summed E-state index contributed by atoms with van der Waals surface area (Å²) in [6.07, 6.45) is 1.25. The topological polar surface area (TPSA) is 29.1 Å². The van der Waals surface area contributed by atoms with E-state index in [0.717, 1.165) is 15.7 Å². The van der Waals surface area contributed by atoms with E-state index in [-0.39, 0.29) is 5.91 Å². The van der Waals surface area contributed by atoms with Crippen molar-refractivity contribution in [3.63, 3.8) is 0 Å². The Kier molecular flexibility index (Phi) is 3.25. The lowest BCUT2D eigenvalue weighted by atomic mass is 10.2. The normalized spacial score (nSPS) is 9.38. The van der Waals surface area contributed by atoms with Crippen LogP contribution in [-0.2, 0) is 4.79 Å². The molecule has 0 bridgehead atoms. The van der Waals surface area contributed by atoms with E-state index < -0.39 is 0 Å². The van der Waals surface area contributed by atoms with E-state index in [1.54, 1.807) is 0 Å². The summed E-state index contributed by atoms with van der Waals surface area (Å²) in [6, 6.07) is 5.72. The highest BCUT2D eigenvalue weighted by Gasteiger charge is 2.00. The van der Waals surface area contributed by atoms with Gasteiger partial charge in [-0.05, 0) is 30.7 Å². The summed E-state index contributed by atoms with van der Waals surface area (Å²) in [6.45, 7) is 5.32. The van der Waals surface area contributed by atoms with Crippen LogP contribution in [0.25, 0.3) is 0 Å². The highest BCUT2D eigenvalue weighted by Crippen LogP contribution is 2.20. The molecule has 0 heterocycles. The van der Waals surface area contributed by atoms with Crippen LogP contribution in [0.1, 0.15) is 5.56 Å². The number of anilines is 1. The highest BCUT2D eigenvalue weighted by molar-refractivity contribution is 9.10. The fourth-order valence-electron chi connectivity index (χ4n) is 0.913. The molecule has 2 nitrogen and oxygen atoms in total. The number of amides is 1. The summed E-state index contributed by atoms with van der Waals surface area (Å²) in [5, 5.41) is 2.71. The number of rotatable bonds is 2. The zero-order valence-corrected chi connectivity index (χ0v) is 8.89. The van der Waals surface area contributed by atoms with E-state index in [0.29, 0.717) is 0 Å². The van der Waals surface area contributed by atoms with Gasteiger partial charge in [0.15, 0.2) is 0 Å². The quantitative estimate of drug-likeness (QED) is 0.791. The third kappa shape index (κ3) is 2.70. The summed E-state index contributed by atoms with van der Waals surface area (Å²) in [5.74, 6) is -0.193. The molecule has 3 heteroatoms. The van der Waals surface area contributed by atoms with Gasteiger partial charge in [-0.1, -0.05) is 28.6 Å². The van der Waals surface area contributed by atoms with Gasteiger partial charge < -0.3 is 5.32 Å². The molecular formula is C10H10BrNO. The van der Waals surface area contributed by atoms with Crippen molar-refractivity contribution in [3.05, 3.63) is 40.9 Å².